The minimum atomic E-state index is 0.411. The molecule has 0 amide bonds. The second-order valence-electron chi connectivity index (χ2n) is 5.04. The van der Waals surface area contributed by atoms with Crippen molar-refractivity contribution in [2.75, 3.05) is 17.7 Å². The van der Waals surface area contributed by atoms with Gasteiger partial charge >= 0.3 is 0 Å². The molecule has 0 atom stereocenters. The summed E-state index contributed by atoms with van der Waals surface area (Å²) in [6.45, 7) is 6.32. The number of nitrogens with one attached hydrogen (secondary N) is 3. The first-order valence-corrected chi connectivity index (χ1v) is 7.17. The van der Waals surface area contributed by atoms with Gasteiger partial charge in [0.05, 0.1) is 6.20 Å². The zero-order valence-electron chi connectivity index (χ0n) is 12.9. The average Bonchev–Trinajstić information content (AvgIpc) is 2.94. The zero-order valence-corrected chi connectivity index (χ0v) is 12.9. The minimum Gasteiger partial charge on any atom is -0.371 e. The fourth-order valence-corrected chi connectivity index (χ4v) is 1.82. The molecule has 2 heterocycles. The van der Waals surface area contributed by atoms with Crippen molar-refractivity contribution in [3.8, 4) is 0 Å². The lowest BCUT2D eigenvalue weighted by atomic mass is 10.1. The maximum atomic E-state index is 4.50. The molecular formula is C15H22N6. The highest BCUT2D eigenvalue weighted by atomic mass is 15.2. The predicted molar refractivity (Wildman–Crippen MR) is 86.9 cm³/mol. The Balaban J connectivity index is 2.18. The number of H-pyrrole nitrogens is 1. The van der Waals surface area contributed by atoms with E-state index in [1.807, 2.05) is 19.2 Å². The largest absolute Gasteiger partial charge is 0.371 e. The van der Waals surface area contributed by atoms with Crippen molar-refractivity contribution in [1.29, 1.82) is 0 Å². The van der Waals surface area contributed by atoms with E-state index < -0.39 is 0 Å². The van der Waals surface area contributed by atoms with E-state index in [0.717, 1.165) is 29.4 Å². The van der Waals surface area contributed by atoms with E-state index in [0.29, 0.717) is 11.7 Å². The number of anilines is 3. The van der Waals surface area contributed by atoms with Crippen LogP contribution >= 0.6 is 0 Å². The van der Waals surface area contributed by atoms with Gasteiger partial charge < -0.3 is 10.6 Å². The van der Waals surface area contributed by atoms with Gasteiger partial charge in [-0.3, -0.25) is 5.10 Å². The quantitative estimate of drug-likeness (QED) is 0.757. The van der Waals surface area contributed by atoms with Gasteiger partial charge in [-0.05, 0) is 18.4 Å². The molecule has 21 heavy (non-hydrogen) atoms. The summed E-state index contributed by atoms with van der Waals surface area (Å²) in [7, 11) is 1.84. The van der Waals surface area contributed by atoms with Gasteiger partial charge in [-0.25, -0.2) is 9.97 Å². The molecule has 0 radical (unpaired) electrons. The molecule has 0 saturated heterocycles. The Kier molecular flexibility index (Phi) is 4.92. The summed E-state index contributed by atoms with van der Waals surface area (Å²) in [4.78, 5) is 8.92. The predicted octanol–water partition coefficient (Wildman–Crippen LogP) is 3.53. The zero-order chi connectivity index (χ0) is 15.2. The van der Waals surface area contributed by atoms with Gasteiger partial charge in [0.25, 0.3) is 0 Å². The highest BCUT2D eigenvalue weighted by molar-refractivity contribution is 5.62. The third kappa shape index (κ3) is 3.81. The Morgan fingerprint density at radius 1 is 1.33 bits per heavy atom. The molecule has 0 unspecified atom stereocenters. The maximum Gasteiger partial charge on any atom is 0.154 e. The molecule has 0 aliphatic heterocycles. The number of aromatic nitrogens is 4. The molecule has 0 fully saturated rings. The number of aromatic amines is 1. The summed E-state index contributed by atoms with van der Waals surface area (Å²) < 4.78 is 0. The first-order chi connectivity index (χ1) is 10.1. The van der Waals surface area contributed by atoms with Gasteiger partial charge in [0.2, 0.25) is 0 Å². The molecule has 6 nitrogen and oxygen atoms in total. The molecule has 0 aliphatic rings. The SMILES string of the molecule is CC/C=C/c1ncc(Nc2cc(C(C)C)[nH]n2)nc1NC. The highest BCUT2D eigenvalue weighted by Crippen LogP contribution is 2.20. The van der Waals surface area contributed by atoms with Gasteiger partial charge in [-0.2, -0.15) is 5.10 Å². The van der Waals surface area contributed by atoms with Gasteiger partial charge in [0, 0.05) is 18.8 Å². The van der Waals surface area contributed by atoms with Crippen LogP contribution in [0.1, 0.15) is 44.5 Å². The van der Waals surface area contributed by atoms with Crippen LogP contribution in [0.2, 0.25) is 0 Å². The van der Waals surface area contributed by atoms with Gasteiger partial charge in [-0.1, -0.05) is 26.8 Å². The Bertz CT molecular complexity index is 614. The number of nitrogens with zero attached hydrogens (tertiary/aromatic N) is 3. The molecule has 0 aromatic carbocycles. The maximum absolute atomic E-state index is 4.50. The van der Waals surface area contributed by atoms with Crippen LogP contribution in [0.5, 0.6) is 0 Å². The summed E-state index contributed by atoms with van der Waals surface area (Å²) in [5.74, 6) is 2.56. The lowest BCUT2D eigenvalue weighted by molar-refractivity contribution is 0.811. The van der Waals surface area contributed by atoms with Crippen molar-refractivity contribution in [1.82, 2.24) is 20.2 Å². The Morgan fingerprint density at radius 2 is 2.14 bits per heavy atom. The Labute approximate surface area is 125 Å². The number of hydrogen-bond acceptors (Lipinski definition) is 5. The van der Waals surface area contributed by atoms with E-state index in [1.54, 1.807) is 6.20 Å². The Hall–Kier alpha value is -2.37. The fourth-order valence-electron chi connectivity index (χ4n) is 1.82. The van der Waals surface area contributed by atoms with Crippen LogP contribution < -0.4 is 10.6 Å². The molecule has 0 spiro atoms. The first-order valence-electron chi connectivity index (χ1n) is 7.17. The van der Waals surface area contributed by atoms with Gasteiger partial charge in [0.1, 0.15) is 5.69 Å². The van der Waals surface area contributed by atoms with Gasteiger partial charge in [-0.15, -0.1) is 0 Å². The molecule has 0 bridgehead atoms. The second-order valence-corrected chi connectivity index (χ2v) is 5.04. The lowest BCUT2D eigenvalue weighted by Crippen LogP contribution is -2.02. The third-order valence-electron chi connectivity index (χ3n) is 3.02. The summed E-state index contributed by atoms with van der Waals surface area (Å²) in [5, 5.41) is 13.4. The van der Waals surface area contributed by atoms with Crippen molar-refractivity contribution in [2.24, 2.45) is 0 Å². The fraction of sp³-hybridized carbons (Fsp3) is 0.400. The molecular weight excluding hydrogens is 264 g/mol. The monoisotopic (exact) mass is 286 g/mol. The van der Waals surface area contributed by atoms with Crippen molar-refractivity contribution < 1.29 is 0 Å². The van der Waals surface area contributed by atoms with E-state index >= 15 is 0 Å². The van der Waals surface area contributed by atoms with Crippen LogP contribution in [-0.2, 0) is 0 Å². The van der Waals surface area contributed by atoms with Crippen LogP contribution in [-0.4, -0.2) is 27.2 Å². The van der Waals surface area contributed by atoms with Crippen LogP contribution in [0.3, 0.4) is 0 Å². The van der Waals surface area contributed by atoms with Crippen molar-refractivity contribution in [3.05, 3.63) is 29.7 Å². The van der Waals surface area contributed by atoms with E-state index in [4.69, 9.17) is 0 Å². The summed E-state index contributed by atoms with van der Waals surface area (Å²) >= 11 is 0. The van der Waals surface area contributed by atoms with Crippen LogP contribution in [0, 0.1) is 0 Å². The molecule has 0 aliphatic carbocycles. The summed E-state index contributed by atoms with van der Waals surface area (Å²) in [6, 6.07) is 1.98. The molecule has 3 N–H and O–H groups in total. The number of hydrogen-bond donors (Lipinski definition) is 3. The van der Waals surface area contributed by atoms with Crippen LogP contribution in [0.4, 0.5) is 17.5 Å². The smallest absolute Gasteiger partial charge is 0.154 e. The number of allylic oxidation sites excluding steroid dienone is 1. The molecule has 2 aromatic rings. The third-order valence-corrected chi connectivity index (χ3v) is 3.02. The standard InChI is InChI=1S/C15H22N6/c1-5-6-7-11-15(16-4)19-14(9-17-11)18-13-8-12(10(2)3)20-21-13/h6-10H,5H2,1-4H3,(H3,16,18,19,20,21)/b7-6+. The topological polar surface area (TPSA) is 78.5 Å². The highest BCUT2D eigenvalue weighted by Gasteiger charge is 2.07. The van der Waals surface area contributed by atoms with E-state index in [9.17, 15) is 0 Å². The molecule has 2 aromatic heterocycles. The normalized spacial score (nSPS) is 11.3. The van der Waals surface area contributed by atoms with Crippen LogP contribution in [0.15, 0.2) is 18.3 Å². The van der Waals surface area contributed by atoms with Crippen LogP contribution in [0.25, 0.3) is 6.08 Å². The number of rotatable bonds is 6. The van der Waals surface area contributed by atoms with Crippen molar-refractivity contribution in [2.45, 2.75) is 33.1 Å². The lowest BCUT2D eigenvalue weighted by Gasteiger charge is -2.07. The summed E-state index contributed by atoms with van der Waals surface area (Å²) in [5.41, 5.74) is 1.91. The first kappa shape index (κ1) is 15.0. The average molecular weight is 286 g/mol. The molecule has 2 rings (SSSR count). The summed E-state index contributed by atoms with van der Waals surface area (Å²) in [6.07, 6.45) is 6.70. The van der Waals surface area contributed by atoms with Gasteiger partial charge in [0.15, 0.2) is 17.5 Å². The van der Waals surface area contributed by atoms with Crippen molar-refractivity contribution in [3.63, 3.8) is 0 Å². The molecule has 6 heteroatoms. The van der Waals surface area contributed by atoms with Crippen molar-refractivity contribution >= 4 is 23.5 Å². The molecule has 0 saturated carbocycles. The van der Waals surface area contributed by atoms with E-state index in [2.05, 4.69) is 57.6 Å². The Morgan fingerprint density at radius 3 is 2.76 bits per heavy atom. The van der Waals surface area contributed by atoms with E-state index in [1.165, 1.54) is 0 Å². The minimum absolute atomic E-state index is 0.411. The molecule has 112 valence electrons. The second kappa shape index (κ2) is 6.88. The van der Waals surface area contributed by atoms with E-state index in [-0.39, 0.29) is 0 Å².